The average Bonchev–Trinajstić information content (AvgIpc) is 2.81. The van der Waals surface area contributed by atoms with Crippen molar-refractivity contribution in [2.75, 3.05) is 6.54 Å². The van der Waals surface area contributed by atoms with E-state index in [-0.39, 0.29) is 5.56 Å². The average molecular weight is 206 g/mol. The standard InChI is InChI=1S/C10H14N4O/c1-14-10(15)8(2-4-11)9(13-14)7-3-5-12-6-7/h3,5-6,12-13H,2,4,11H2,1H3. The van der Waals surface area contributed by atoms with E-state index in [0.29, 0.717) is 13.0 Å². The number of aryl methyl sites for hydroxylation is 1. The summed E-state index contributed by atoms with van der Waals surface area (Å²) >= 11 is 0. The molecule has 2 aromatic heterocycles. The number of hydrogen-bond acceptors (Lipinski definition) is 2. The maximum absolute atomic E-state index is 11.7. The van der Waals surface area contributed by atoms with Gasteiger partial charge in [0.1, 0.15) is 0 Å². The topological polar surface area (TPSA) is 79.6 Å². The lowest BCUT2D eigenvalue weighted by Crippen LogP contribution is -2.17. The molecule has 0 saturated carbocycles. The molecule has 5 nitrogen and oxygen atoms in total. The Morgan fingerprint density at radius 2 is 2.33 bits per heavy atom. The fourth-order valence-corrected chi connectivity index (χ4v) is 1.69. The van der Waals surface area contributed by atoms with Crippen molar-refractivity contribution in [2.45, 2.75) is 6.42 Å². The van der Waals surface area contributed by atoms with Crippen molar-refractivity contribution in [3.05, 3.63) is 34.4 Å². The second-order valence-corrected chi connectivity index (χ2v) is 3.47. The molecule has 2 aromatic rings. The summed E-state index contributed by atoms with van der Waals surface area (Å²) in [5.41, 5.74) is 8.08. The van der Waals surface area contributed by atoms with Gasteiger partial charge >= 0.3 is 0 Å². The fourth-order valence-electron chi connectivity index (χ4n) is 1.69. The molecular formula is C10H14N4O. The number of rotatable bonds is 3. The van der Waals surface area contributed by atoms with Crippen LogP contribution in [0.3, 0.4) is 0 Å². The first-order valence-electron chi connectivity index (χ1n) is 4.85. The molecule has 5 heteroatoms. The van der Waals surface area contributed by atoms with E-state index >= 15 is 0 Å². The lowest BCUT2D eigenvalue weighted by Gasteiger charge is -1.96. The number of hydrogen-bond donors (Lipinski definition) is 3. The minimum Gasteiger partial charge on any atom is -0.367 e. The van der Waals surface area contributed by atoms with Crippen LogP contribution >= 0.6 is 0 Å². The van der Waals surface area contributed by atoms with E-state index in [1.807, 2.05) is 18.5 Å². The van der Waals surface area contributed by atoms with Crippen LogP contribution in [-0.2, 0) is 13.5 Å². The van der Waals surface area contributed by atoms with Gasteiger partial charge in [0.15, 0.2) is 0 Å². The Bertz CT molecular complexity index is 492. The number of nitrogens with zero attached hydrogens (tertiary/aromatic N) is 1. The third kappa shape index (κ3) is 1.61. The smallest absolute Gasteiger partial charge is 0.270 e. The molecule has 0 bridgehead atoms. The van der Waals surface area contributed by atoms with Crippen molar-refractivity contribution in [2.24, 2.45) is 12.8 Å². The molecule has 2 rings (SSSR count). The summed E-state index contributed by atoms with van der Waals surface area (Å²) in [6.07, 6.45) is 4.27. The van der Waals surface area contributed by atoms with Crippen molar-refractivity contribution < 1.29 is 0 Å². The number of aromatic amines is 2. The van der Waals surface area contributed by atoms with Gasteiger partial charge in [-0.05, 0) is 19.0 Å². The highest BCUT2D eigenvalue weighted by atomic mass is 16.1. The summed E-state index contributed by atoms with van der Waals surface area (Å²) in [7, 11) is 1.71. The summed E-state index contributed by atoms with van der Waals surface area (Å²) < 4.78 is 1.48. The van der Waals surface area contributed by atoms with E-state index < -0.39 is 0 Å². The van der Waals surface area contributed by atoms with Crippen LogP contribution in [0.25, 0.3) is 11.3 Å². The summed E-state index contributed by atoms with van der Waals surface area (Å²) in [5.74, 6) is 0. The van der Waals surface area contributed by atoms with Crippen LogP contribution in [0.5, 0.6) is 0 Å². The monoisotopic (exact) mass is 206 g/mol. The Hall–Kier alpha value is -1.75. The van der Waals surface area contributed by atoms with Gasteiger partial charge in [-0.3, -0.25) is 14.6 Å². The Morgan fingerprint density at radius 3 is 2.93 bits per heavy atom. The summed E-state index contributed by atoms with van der Waals surface area (Å²) in [4.78, 5) is 14.7. The van der Waals surface area contributed by atoms with Crippen molar-refractivity contribution >= 4 is 0 Å². The van der Waals surface area contributed by atoms with Crippen molar-refractivity contribution in [1.29, 1.82) is 0 Å². The Morgan fingerprint density at radius 1 is 1.53 bits per heavy atom. The predicted molar refractivity (Wildman–Crippen MR) is 58.6 cm³/mol. The normalized spacial score (nSPS) is 10.8. The van der Waals surface area contributed by atoms with Crippen LogP contribution in [0.4, 0.5) is 0 Å². The lowest BCUT2D eigenvalue weighted by molar-refractivity contribution is 0.739. The number of aromatic nitrogens is 3. The molecule has 0 aliphatic rings. The summed E-state index contributed by atoms with van der Waals surface area (Å²) in [6.45, 7) is 0.477. The van der Waals surface area contributed by atoms with E-state index in [1.54, 1.807) is 7.05 Å². The van der Waals surface area contributed by atoms with E-state index in [2.05, 4.69) is 10.1 Å². The quantitative estimate of drug-likeness (QED) is 0.671. The molecule has 0 aromatic carbocycles. The highest BCUT2D eigenvalue weighted by molar-refractivity contribution is 5.61. The third-order valence-corrected chi connectivity index (χ3v) is 2.43. The maximum Gasteiger partial charge on any atom is 0.270 e. The van der Waals surface area contributed by atoms with Crippen LogP contribution < -0.4 is 11.3 Å². The zero-order chi connectivity index (χ0) is 10.8. The molecule has 15 heavy (non-hydrogen) atoms. The molecule has 4 N–H and O–H groups in total. The zero-order valence-electron chi connectivity index (χ0n) is 8.58. The van der Waals surface area contributed by atoms with Crippen LogP contribution in [-0.4, -0.2) is 21.3 Å². The highest BCUT2D eigenvalue weighted by Crippen LogP contribution is 2.18. The van der Waals surface area contributed by atoms with Gasteiger partial charge < -0.3 is 10.7 Å². The van der Waals surface area contributed by atoms with Gasteiger partial charge in [0.25, 0.3) is 5.56 Å². The van der Waals surface area contributed by atoms with E-state index in [0.717, 1.165) is 16.8 Å². The molecule has 0 saturated heterocycles. The van der Waals surface area contributed by atoms with Gasteiger partial charge in [0.2, 0.25) is 0 Å². The molecule has 0 aliphatic carbocycles. The molecule has 0 aliphatic heterocycles. The molecule has 0 amide bonds. The first kappa shape index (κ1) is 9.79. The van der Waals surface area contributed by atoms with E-state index in [1.165, 1.54) is 4.68 Å². The van der Waals surface area contributed by atoms with Crippen molar-refractivity contribution in [3.8, 4) is 11.3 Å². The van der Waals surface area contributed by atoms with E-state index in [9.17, 15) is 4.79 Å². The van der Waals surface area contributed by atoms with Gasteiger partial charge in [0, 0.05) is 30.6 Å². The molecule has 0 atom stereocenters. The molecular weight excluding hydrogens is 192 g/mol. The van der Waals surface area contributed by atoms with Gasteiger partial charge in [-0.1, -0.05) is 0 Å². The van der Waals surface area contributed by atoms with Gasteiger partial charge in [0.05, 0.1) is 5.69 Å². The van der Waals surface area contributed by atoms with Crippen LogP contribution in [0.15, 0.2) is 23.3 Å². The summed E-state index contributed by atoms with van der Waals surface area (Å²) in [5, 5.41) is 3.03. The SMILES string of the molecule is Cn1[nH]c(-c2cc[nH]c2)c(CCN)c1=O. The highest BCUT2D eigenvalue weighted by Gasteiger charge is 2.13. The number of nitrogens with two attached hydrogens (primary N) is 1. The van der Waals surface area contributed by atoms with Crippen molar-refractivity contribution in [1.82, 2.24) is 14.8 Å². The first-order chi connectivity index (χ1) is 7.24. The van der Waals surface area contributed by atoms with Gasteiger partial charge in [-0.25, -0.2) is 0 Å². The second-order valence-electron chi connectivity index (χ2n) is 3.47. The Kier molecular flexibility index (Phi) is 2.47. The molecule has 0 spiro atoms. The Labute approximate surface area is 86.9 Å². The van der Waals surface area contributed by atoms with Gasteiger partial charge in [-0.2, -0.15) is 0 Å². The Balaban J connectivity index is 2.56. The largest absolute Gasteiger partial charge is 0.367 e. The van der Waals surface area contributed by atoms with Crippen LogP contribution in [0, 0.1) is 0 Å². The molecule has 2 heterocycles. The van der Waals surface area contributed by atoms with E-state index in [4.69, 9.17) is 5.73 Å². The predicted octanol–water partition coefficient (Wildman–Crippen LogP) is 0.210. The zero-order valence-corrected chi connectivity index (χ0v) is 8.58. The number of nitrogens with one attached hydrogen (secondary N) is 2. The fraction of sp³-hybridized carbons (Fsp3) is 0.300. The van der Waals surface area contributed by atoms with Crippen LogP contribution in [0.2, 0.25) is 0 Å². The minimum absolute atomic E-state index is 0.00310. The van der Waals surface area contributed by atoms with Crippen LogP contribution in [0.1, 0.15) is 5.56 Å². The molecule has 0 fully saturated rings. The summed E-state index contributed by atoms with van der Waals surface area (Å²) in [6, 6.07) is 1.92. The lowest BCUT2D eigenvalue weighted by atomic mass is 10.1. The van der Waals surface area contributed by atoms with Crippen molar-refractivity contribution in [3.63, 3.8) is 0 Å². The maximum atomic E-state index is 11.7. The molecule has 0 unspecified atom stereocenters. The first-order valence-corrected chi connectivity index (χ1v) is 4.85. The molecule has 0 radical (unpaired) electrons. The van der Waals surface area contributed by atoms with Gasteiger partial charge in [-0.15, -0.1) is 0 Å². The third-order valence-electron chi connectivity index (χ3n) is 2.43. The second kappa shape index (κ2) is 3.78. The molecule has 80 valence electrons. The number of H-pyrrole nitrogens is 2. The minimum atomic E-state index is -0.00310.